The van der Waals surface area contributed by atoms with Crippen molar-refractivity contribution in [1.29, 1.82) is 0 Å². The second kappa shape index (κ2) is 4.74. The molecule has 0 saturated heterocycles. The van der Waals surface area contributed by atoms with Crippen molar-refractivity contribution in [3.05, 3.63) is 24.3 Å². The molecule has 1 aromatic carbocycles. The number of para-hydroxylation sites is 1. The van der Waals surface area contributed by atoms with Gasteiger partial charge in [0.25, 0.3) is 0 Å². The Labute approximate surface area is 80.1 Å². The van der Waals surface area contributed by atoms with Gasteiger partial charge in [-0.05, 0) is 12.1 Å². The van der Waals surface area contributed by atoms with Crippen LogP contribution in [0.25, 0.3) is 0 Å². The third-order valence-corrected chi connectivity index (χ3v) is 2.45. The molecule has 1 aromatic rings. The fourth-order valence-corrected chi connectivity index (χ4v) is 1.52. The molecule has 0 aliphatic rings. The number of phenolic OH excluding ortho intramolecular Hbond substituents is 1. The highest BCUT2D eigenvalue weighted by molar-refractivity contribution is 8.00. The molecule has 0 saturated carbocycles. The minimum atomic E-state index is -0.270. The summed E-state index contributed by atoms with van der Waals surface area (Å²) in [5, 5.41) is 9.31. The second-order valence-electron chi connectivity index (χ2n) is 2.32. The maximum Gasteiger partial charge on any atom is 0.244 e. The van der Waals surface area contributed by atoms with Gasteiger partial charge in [0, 0.05) is 4.90 Å². The van der Waals surface area contributed by atoms with E-state index in [-0.39, 0.29) is 17.4 Å². The van der Waals surface area contributed by atoms with E-state index in [0.29, 0.717) is 4.90 Å². The average molecular weight is 198 g/mol. The Balaban J connectivity index is 2.54. The van der Waals surface area contributed by atoms with Crippen molar-refractivity contribution in [3.8, 4) is 5.75 Å². The zero-order valence-electron chi connectivity index (χ0n) is 6.86. The number of thioether (sulfide) groups is 1. The molecular weight excluding hydrogens is 188 g/mol. The van der Waals surface area contributed by atoms with Gasteiger partial charge in [-0.3, -0.25) is 10.2 Å². The lowest BCUT2D eigenvalue weighted by molar-refractivity contribution is -0.118. The average Bonchev–Trinajstić information content (AvgIpc) is 2.16. The van der Waals surface area contributed by atoms with Crippen LogP contribution in [-0.4, -0.2) is 16.8 Å². The quantitative estimate of drug-likeness (QED) is 0.286. The molecule has 0 aromatic heterocycles. The number of hydrogen-bond acceptors (Lipinski definition) is 4. The number of nitrogens with one attached hydrogen (secondary N) is 1. The van der Waals surface area contributed by atoms with Gasteiger partial charge >= 0.3 is 0 Å². The van der Waals surface area contributed by atoms with E-state index < -0.39 is 0 Å². The van der Waals surface area contributed by atoms with E-state index in [1.165, 1.54) is 11.8 Å². The number of hydrazine groups is 1. The highest BCUT2D eigenvalue weighted by Crippen LogP contribution is 2.26. The highest BCUT2D eigenvalue weighted by atomic mass is 32.2. The van der Waals surface area contributed by atoms with Crippen molar-refractivity contribution in [2.75, 3.05) is 5.75 Å². The zero-order valence-corrected chi connectivity index (χ0v) is 7.67. The van der Waals surface area contributed by atoms with E-state index in [1.54, 1.807) is 24.3 Å². The minimum absolute atomic E-state index is 0.178. The smallest absolute Gasteiger partial charge is 0.244 e. The fraction of sp³-hybridized carbons (Fsp3) is 0.125. The van der Waals surface area contributed by atoms with Gasteiger partial charge in [0.1, 0.15) is 5.75 Å². The maximum absolute atomic E-state index is 10.8. The monoisotopic (exact) mass is 198 g/mol. The number of rotatable bonds is 3. The largest absolute Gasteiger partial charge is 0.507 e. The molecule has 5 heteroatoms. The SMILES string of the molecule is NNC(=O)CSc1ccccc1O. The van der Waals surface area contributed by atoms with Gasteiger partial charge in [-0.15, -0.1) is 11.8 Å². The molecule has 0 atom stereocenters. The number of amides is 1. The second-order valence-corrected chi connectivity index (χ2v) is 3.34. The number of carbonyl (C=O) groups excluding carboxylic acids is 1. The van der Waals surface area contributed by atoms with Crippen LogP contribution in [0.15, 0.2) is 29.2 Å². The summed E-state index contributed by atoms with van der Waals surface area (Å²) < 4.78 is 0. The summed E-state index contributed by atoms with van der Waals surface area (Å²) in [5.41, 5.74) is 2.01. The van der Waals surface area contributed by atoms with E-state index in [2.05, 4.69) is 0 Å². The Morgan fingerprint density at radius 1 is 1.54 bits per heavy atom. The number of aromatic hydroxyl groups is 1. The summed E-state index contributed by atoms with van der Waals surface area (Å²) in [6.07, 6.45) is 0. The molecule has 13 heavy (non-hydrogen) atoms. The van der Waals surface area contributed by atoms with Gasteiger partial charge in [0.15, 0.2) is 0 Å². The maximum atomic E-state index is 10.8. The minimum Gasteiger partial charge on any atom is -0.507 e. The van der Waals surface area contributed by atoms with Gasteiger partial charge < -0.3 is 5.11 Å². The lowest BCUT2D eigenvalue weighted by Gasteiger charge is -2.02. The molecule has 1 amide bonds. The van der Waals surface area contributed by atoms with Crippen LogP contribution in [0, 0.1) is 0 Å². The van der Waals surface area contributed by atoms with Crippen LogP contribution in [0.2, 0.25) is 0 Å². The lowest BCUT2D eigenvalue weighted by Crippen LogP contribution is -2.31. The molecule has 0 unspecified atom stereocenters. The molecule has 1 rings (SSSR count). The topological polar surface area (TPSA) is 75.3 Å². The first-order valence-corrected chi connectivity index (χ1v) is 4.63. The van der Waals surface area contributed by atoms with Gasteiger partial charge in [-0.1, -0.05) is 12.1 Å². The molecule has 0 bridgehead atoms. The summed E-state index contributed by atoms with van der Waals surface area (Å²) in [5.74, 6) is 5.01. The summed E-state index contributed by atoms with van der Waals surface area (Å²) in [6.45, 7) is 0. The normalized spacial score (nSPS) is 9.62. The molecule has 0 fully saturated rings. The van der Waals surface area contributed by atoms with Gasteiger partial charge in [0.05, 0.1) is 5.75 Å². The summed E-state index contributed by atoms with van der Waals surface area (Å²) in [4.78, 5) is 11.4. The van der Waals surface area contributed by atoms with Crippen LogP contribution >= 0.6 is 11.8 Å². The van der Waals surface area contributed by atoms with Gasteiger partial charge in [-0.2, -0.15) is 0 Å². The third-order valence-electron chi connectivity index (χ3n) is 1.39. The Hall–Kier alpha value is -1.20. The van der Waals surface area contributed by atoms with Crippen molar-refractivity contribution in [2.24, 2.45) is 5.84 Å². The Kier molecular flexibility index (Phi) is 3.60. The Morgan fingerprint density at radius 3 is 2.85 bits per heavy atom. The third kappa shape index (κ3) is 2.96. The zero-order chi connectivity index (χ0) is 9.68. The predicted molar refractivity (Wildman–Crippen MR) is 51.2 cm³/mol. The standard InChI is InChI=1S/C8H10N2O2S/c9-10-8(12)5-13-7-4-2-1-3-6(7)11/h1-4,11H,5,9H2,(H,10,12). The van der Waals surface area contributed by atoms with Crippen molar-refractivity contribution >= 4 is 17.7 Å². The Morgan fingerprint density at radius 2 is 2.23 bits per heavy atom. The van der Waals surface area contributed by atoms with Crippen LogP contribution in [-0.2, 0) is 4.79 Å². The van der Waals surface area contributed by atoms with Crippen LogP contribution in [0.4, 0.5) is 0 Å². The Bertz CT molecular complexity index is 304. The van der Waals surface area contributed by atoms with E-state index in [1.807, 2.05) is 5.43 Å². The summed E-state index contributed by atoms with van der Waals surface area (Å²) in [7, 11) is 0. The van der Waals surface area contributed by atoms with Crippen LogP contribution in [0.1, 0.15) is 0 Å². The number of carbonyl (C=O) groups is 1. The summed E-state index contributed by atoms with van der Waals surface area (Å²) in [6, 6.07) is 6.83. The number of nitrogens with two attached hydrogens (primary N) is 1. The van der Waals surface area contributed by atoms with Gasteiger partial charge in [0.2, 0.25) is 5.91 Å². The molecule has 0 aliphatic carbocycles. The summed E-state index contributed by atoms with van der Waals surface area (Å²) >= 11 is 1.24. The lowest BCUT2D eigenvalue weighted by atomic mass is 10.3. The predicted octanol–water partition coefficient (Wildman–Crippen LogP) is 0.474. The number of benzene rings is 1. The van der Waals surface area contributed by atoms with Crippen molar-refractivity contribution in [1.82, 2.24) is 5.43 Å². The molecule has 4 N–H and O–H groups in total. The molecule has 4 nitrogen and oxygen atoms in total. The fourth-order valence-electron chi connectivity index (χ4n) is 0.764. The molecule has 0 radical (unpaired) electrons. The molecule has 70 valence electrons. The van der Waals surface area contributed by atoms with Crippen molar-refractivity contribution in [2.45, 2.75) is 4.90 Å². The van der Waals surface area contributed by atoms with E-state index in [4.69, 9.17) is 5.84 Å². The van der Waals surface area contributed by atoms with Crippen LogP contribution in [0.3, 0.4) is 0 Å². The molecule has 0 aliphatic heterocycles. The first kappa shape index (κ1) is 9.88. The first-order chi connectivity index (χ1) is 6.24. The van der Waals surface area contributed by atoms with Crippen molar-refractivity contribution in [3.63, 3.8) is 0 Å². The number of hydrogen-bond donors (Lipinski definition) is 3. The molecule has 0 heterocycles. The van der Waals surface area contributed by atoms with Gasteiger partial charge in [-0.25, -0.2) is 5.84 Å². The van der Waals surface area contributed by atoms with E-state index in [0.717, 1.165) is 0 Å². The van der Waals surface area contributed by atoms with Crippen molar-refractivity contribution < 1.29 is 9.90 Å². The first-order valence-electron chi connectivity index (χ1n) is 3.64. The number of phenols is 1. The molecule has 0 spiro atoms. The van der Waals surface area contributed by atoms with Crippen LogP contribution in [0.5, 0.6) is 5.75 Å². The van der Waals surface area contributed by atoms with Crippen LogP contribution < -0.4 is 11.3 Å². The highest BCUT2D eigenvalue weighted by Gasteiger charge is 2.03. The van der Waals surface area contributed by atoms with E-state index >= 15 is 0 Å². The molecular formula is C8H10N2O2S. The van der Waals surface area contributed by atoms with E-state index in [9.17, 15) is 9.90 Å².